The zero-order chi connectivity index (χ0) is 17.7. The molecule has 23 heavy (non-hydrogen) atoms. The van der Waals surface area contributed by atoms with Crippen LogP contribution in [0.15, 0.2) is 18.2 Å². The number of phenolic OH excluding ortho intramolecular Hbond substituents is 1. The molecular weight excluding hydrogens is 348 g/mol. The van der Waals surface area contributed by atoms with Crippen molar-refractivity contribution in [3.63, 3.8) is 0 Å². The van der Waals surface area contributed by atoms with Gasteiger partial charge in [0.2, 0.25) is 0 Å². The molecule has 0 atom stereocenters. The van der Waals surface area contributed by atoms with Crippen LogP contribution >= 0.6 is 0 Å². The molecule has 0 aliphatic rings. The molecule has 0 aliphatic carbocycles. The molecule has 0 heterocycles. The summed E-state index contributed by atoms with van der Waals surface area (Å²) >= 11 is 0. The van der Waals surface area contributed by atoms with E-state index in [1.54, 1.807) is 12.1 Å². The average Bonchev–Trinajstić information content (AvgIpc) is 2.41. The maximum absolute atomic E-state index is 10.8. The Hall–Kier alpha value is -1.24. The predicted octanol–water partition coefficient (Wildman–Crippen LogP) is -0.571. The molecule has 0 saturated carbocycles. The largest absolute Gasteiger partial charge is 0.508 e. The summed E-state index contributed by atoms with van der Waals surface area (Å²) in [6, 6.07) is 4.63. The Morgan fingerprint density at radius 1 is 1.00 bits per heavy atom. The van der Waals surface area contributed by atoms with Gasteiger partial charge in [-0.25, -0.2) is 0 Å². The van der Waals surface area contributed by atoms with Gasteiger partial charge in [-0.3, -0.25) is 14.0 Å². The van der Waals surface area contributed by atoms with Gasteiger partial charge < -0.3 is 10.8 Å². The summed E-state index contributed by atoms with van der Waals surface area (Å²) in [6.07, 6.45) is 0. The third-order valence-corrected chi connectivity index (χ3v) is 4.50. The Kier molecular flexibility index (Phi) is 6.92. The van der Waals surface area contributed by atoms with E-state index >= 15 is 0 Å². The Bertz CT molecular complexity index is 696. The second-order valence-electron chi connectivity index (χ2n) is 5.02. The molecule has 0 aliphatic heterocycles. The maximum Gasteiger partial charge on any atom is 0.266 e. The molecule has 0 radical (unpaired) electrons. The van der Waals surface area contributed by atoms with Crippen LogP contribution in [0.5, 0.6) is 5.75 Å². The molecule has 0 amide bonds. The zero-order valence-corrected chi connectivity index (χ0v) is 13.9. The topological polar surface area (TPSA) is 158 Å². The van der Waals surface area contributed by atoms with E-state index in [1.165, 1.54) is 11.0 Å². The van der Waals surface area contributed by atoms with E-state index in [9.17, 15) is 21.9 Å². The van der Waals surface area contributed by atoms with Crippen molar-refractivity contribution in [1.82, 2.24) is 4.90 Å². The lowest BCUT2D eigenvalue weighted by Gasteiger charge is -2.21. The molecule has 132 valence electrons. The number of hydrogen-bond donors (Lipinski definition) is 4. The number of nitrogens with two attached hydrogens (primary N) is 1. The Morgan fingerprint density at radius 2 is 1.52 bits per heavy atom. The van der Waals surface area contributed by atoms with Gasteiger partial charge in [0.05, 0.1) is 11.5 Å². The minimum absolute atomic E-state index is 0.0265. The summed E-state index contributed by atoms with van der Waals surface area (Å²) in [5, 5.41) is 9.57. The van der Waals surface area contributed by atoms with Gasteiger partial charge in [0.25, 0.3) is 20.2 Å². The van der Waals surface area contributed by atoms with Crippen LogP contribution in [0.2, 0.25) is 0 Å². The van der Waals surface area contributed by atoms with E-state index in [-0.39, 0.29) is 31.9 Å². The van der Waals surface area contributed by atoms with Crippen LogP contribution in [0, 0.1) is 0 Å². The number of phenols is 1. The second kappa shape index (κ2) is 8.04. The van der Waals surface area contributed by atoms with Crippen molar-refractivity contribution in [2.45, 2.75) is 13.1 Å². The van der Waals surface area contributed by atoms with E-state index in [4.69, 9.17) is 14.8 Å². The van der Waals surface area contributed by atoms with E-state index in [0.29, 0.717) is 11.1 Å². The molecule has 9 nitrogen and oxygen atoms in total. The number of hydrogen-bond acceptors (Lipinski definition) is 7. The molecule has 0 saturated heterocycles. The number of nitrogens with zero attached hydrogens (tertiary/aromatic N) is 1. The summed E-state index contributed by atoms with van der Waals surface area (Å²) < 4.78 is 61.0. The molecule has 1 aromatic rings. The van der Waals surface area contributed by atoms with Crippen LogP contribution in [0.25, 0.3) is 0 Å². The first-order valence-corrected chi connectivity index (χ1v) is 9.85. The van der Waals surface area contributed by atoms with E-state index in [0.717, 1.165) is 0 Å². The fourth-order valence-corrected chi connectivity index (χ4v) is 2.90. The molecule has 0 aromatic heterocycles. The summed E-state index contributed by atoms with van der Waals surface area (Å²) in [4.78, 5) is 1.45. The van der Waals surface area contributed by atoms with Crippen LogP contribution in [-0.4, -0.2) is 60.5 Å². The number of benzene rings is 1. The summed E-state index contributed by atoms with van der Waals surface area (Å²) in [5.41, 5.74) is 6.65. The van der Waals surface area contributed by atoms with Crippen LogP contribution < -0.4 is 5.73 Å². The van der Waals surface area contributed by atoms with Gasteiger partial charge in [0, 0.05) is 31.7 Å². The van der Waals surface area contributed by atoms with E-state index in [2.05, 4.69) is 0 Å². The molecular formula is C12H20N2O7S2. The van der Waals surface area contributed by atoms with Crippen molar-refractivity contribution in [3.8, 4) is 5.75 Å². The summed E-state index contributed by atoms with van der Waals surface area (Å²) in [6.45, 7) is 0.0361. The Balaban J connectivity index is 2.86. The highest BCUT2D eigenvalue weighted by Gasteiger charge is 2.15. The Labute approximate surface area is 135 Å². The smallest absolute Gasteiger partial charge is 0.266 e. The van der Waals surface area contributed by atoms with Gasteiger partial charge in [0.15, 0.2) is 0 Å². The molecule has 0 unspecified atom stereocenters. The zero-order valence-electron chi connectivity index (χ0n) is 12.3. The standard InChI is InChI=1S/C12H20N2O7S2/c13-8-11-7-10(1-2-12(11)15)9-14(3-5-22(16,17)18)4-6-23(19,20)21/h1-2,7,15H,3-6,8-9,13H2,(H,16,17,18)(H,19,20,21). The van der Waals surface area contributed by atoms with Crippen LogP contribution in [0.1, 0.15) is 11.1 Å². The highest BCUT2D eigenvalue weighted by molar-refractivity contribution is 7.86. The van der Waals surface area contributed by atoms with Crippen molar-refractivity contribution in [3.05, 3.63) is 29.3 Å². The van der Waals surface area contributed by atoms with Crippen LogP contribution in [-0.2, 0) is 33.3 Å². The van der Waals surface area contributed by atoms with Crippen molar-refractivity contribution in [2.24, 2.45) is 5.73 Å². The minimum Gasteiger partial charge on any atom is -0.508 e. The average molecular weight is 368 g/mol. The first-order chi connectivity index (χ1) is 10.5. The highest BCUT2D eigenvalue weighted by atomic mass is 32.2. The van der Waals surface area contributed by atoms with Gasteiger partial charge in [0.1, 0.15) is 5.75 Å². The molecule has 5 N–H and O–H groups in total. The van der Waals surface area contributed by atoms with Crippen LogP contribution in [0.4, 0.5) is 0 Å². The number of aromatic hydroxyl groups is 1. The molecule has 1 aromatic carbocycles. The maximum atomic E-state index is 10.8. The lowest BCUT2D eigenvalue weighted by Crippen LogP contribution is -2.33. The summed E-state index contributed by atoms with van der Waals surface area (Å²) in [7, 11) is -8.40. The first-order valence-electron chi connectivity index (χ1n) is 6.63. The van der Waals surface area contributed by atoms with E-state index in [1.807, 2.05) is 0 Å². The fraction of sp³-hybridized carbons (Fsp3) is 0.500. The van der Waals surface area contributed by atoms with Crippen molar-refractivity contribution < 1.29 is 31.0 Å². The van der Waals surface area contributed by atoms with Gasteiger partial charge in [-0.2, -0.15) is 16.8 Å². The normalized spacial score (nSPS) is 12.7. The summed E-state index contributed by atoms with van der Waals surface area (Å²) in [5.74, 6) is -1.11. The van der Waals surface area contributed by atoms with Crippen molar-refractivity contribution in [2.75, 3.05) is 24.6 Å². The molecule has 0 bridgehead atoms. The quantitative estimate of drug-likeness (QED) is 0.419. The third kappa shape index (κ3) is 8.25. The molecule has 0 spiro atoms. The van der Waals surface area contributed by atoms with Crippen molar-refractivity contribution >= 4 is 20.2 Å². The predicted molar refractivity (Wildman–Crippen MR) is 84.1 cm³/mol. The number of rotatable bonds is 9. The third-order valence-electron chi connectivity index (χ3n) is 3.10. The first kappa shape index (κ1) is 19.8. The lowest BCUT2D eigenvalue weighted by molar-refractivity contribution is 0.292. The SMILES string of the molecule is NCc1cc(CN(CCS(=O)(=O)O)CCS(=O)(=O)O)ccc1O. The second-order valence-corrected chi connectivity index (χ2v) is 8.16. The molecule has 0 fully saturated rings. The van der Waals surface area contributed by atoms with E-state index < -0.39 is 31.7 Å². The Morgan fingerprint density at radius 3 is 1.96 bits per heavy atom. The van der Waals surface area contributed by atoms with Crippen molar-refractivity contribution in [1.29, 1.82) is 0 Å². The molecule has 11 heteroatoms. The monoisotopic (exact) mass is 368 g/mol. The van der Waals surface area contributed by atoms with Gasteiger partial charge >= 0.3 is 0 Å². The fourth-order valence-electron chi connectivity index (χ4n) is 1.92. The minimum atomic E-state index is -4.20. The van der Waals surface area contributed by atoms with Crippen LogP contribution in [0.3, 0.4) is 0 Å². The highest BCUT2D eigenvalue weighted by Crippen LogP contribution is 2.19. The van der Waals surface area contributed by atoms with Gasteiger partial charge in [-0.1, -0.05) is 6.07 Å². The lowest BCUT2D eigenvalue weighted by atomic mass is 10.1. The van der Waals surface area contributed by atoms with Gasteiger partial charge in [-0.05, 0) is 17.7 Å². The molecule has 1 rings (SSSR count). The van der Waals surface area contributed by atoms with Gasteiger partial charge in [-0.15, -0.1) is 0 Å².